The van der Waals surface area contributed by atoms with Gasteiger partial charge in [0.05, 0.1) is 12.2 Å². The lowest BCUT2D eigenvalue weighted by Gasteiger charge is -2.22. The Bertz CT molecular complexity index is 570. The molecule has 0 atom stereocenters. The molecule has 2 rings (SSSR count). The molecule has 0 fully saturated rings. The van der Waals surface area contributed by atoms with E-state index in [1.54, 1.807) is 37.4 Å². The van der Waals surface area contributed by atoms with Gasteiger partial charge in [0.1, 0.15) is 6.33 Å². The van der Waals surface area contributed by atoms with Crippen LogP contribution in [-0.2, 0) is 4.74 Å². The van der Waals surface area contributed by atoms with Gasteiger partial charge in [0.25, 0.3) is 0 Å². The van der Waals surface area contributed by atoms with Crippen molar-refractivity contribution in [2.75, 3.05) is 26.1 Å². The van der Waals surface area contributed by atoms with E-state index in [1.165, 1.54) is 0 Å². The molecule has 21 heavy (non-hydrogen) atoms. The first kappa shape index (κ1) is 15.2. The first-order valence-electron chi connectivity index (χ1n) is 6.64. The highest BCUT2D eigenvalue weighted by Gasteiger charge is 2.17. The van der Waals surface area contributed by atoms with Crippen LogP contribution in [0.5, 0.6) is 6.01 Å². The van der Waals surface area contributed by atoms with Gasteiger partial charge in [-0.1, -0.05) is 0 Å². The van der Waals surface area contributed by atoms with E-state index in [1.807, 2.05) is 13.8 Å². The largest absolute Gasteiger partial charge is 0.463 e. The van der Waals surface area contributed by atoms with Crippen molar-refractivity contribution in [1.82, 2.24) is 24.5 Å². The van der Waals surface area contributed by atoms with Gasteiger partial charge in [-0.2, -0.15) is 15.0 Å². The summed E-state index contributed by atoms with van der Waals surface area (Å²) >= 11 is 0. The molecule has 2 heterocycles. The van der Waals surface area contributed by atoms with Gasteiger partial charge < -0.3 is 14.8 Å². The maximum Gasteiger partial charge on any atom is 0.323 e. The van der Waals surface area contributed by atoms with Crippen molar-refractivity contribution in [1.29, 1.82) is 0 Å². The van der Waals surface area contributed by atoms with Crippen LogP contribution in [0, 0.1) is 0 Å². The van der Waals surface area contributed by atoms with Crippen LogP contribution in [-0.4, -0.2) is 50.9 Å². The number of hydrogen-bond acceptors (Lipinski definition) is 7. The molecule has 1 N–H and O–H groups in total. The van der Waals surface area contributed by atoms with E-state index >= 15 is 0 Å². The predicted octanol–water partition coefficient (Wildman–Crippen LogP) is 1.29. The first-order valence-corrected chi connectivity index (χ1v) is 6.64. The normalized spacial score (nSPS) is 11.4. The Morgan fingerprint density at radius 2 is 2.10 bits per heavy atom. The van der Waals surface area contributed by atoms with Gasteiger partial charge in [0.15, 0.2) is 0 Å². The molecule has 8 heteroatoms. The lowest BCUT2D eigenvalue weighted by atomic mass is 10.1. The molecule has 2 aromatic heterocycles. The summed E-state index contributed by atoms with van der Waals surface area (Å²) in [5, 5.41) is 2.89. The average Bonchev–Trinajstić information content (AvgIpc) is 3.01. The summed E-state index contributed by atoms with van der Waals surface area (Å²) in [5.41, 5.74) is -0.244. The highest BCUT2D eigenvalue weighted by atomic mass is 16.5. The molecule has 0 aliphatic heterocycles. The predicted molar refractivity (Wildman–Crippen MR) is 77.7 cm³/mol. The molecule has 0 amide bonds. The van der Waals surface area contributed by atoms with Crippen molar-refractivity contribution >= 4 is 5.95 Å². The van der Waals surface area contributed by atoms with Crippen LogP contribution in [0.15, 0.2) is 18.7 Å². The number of aromatic nitrogens is 5. The molecule has 0 aliphatic rings. The van der Waals surface area contributed by atoms with E-state index in [2.05, 4.69) is 25.3 Å². The van der Waals surface area contributed by atoms with E-state index in [4.69, 9.17) is 9.47 Å². The van der Waals surface area contributed by atoms with Gasteiger partial charge in [0.2, 0.25) is 11.9 Å². The zero-order chi connectivity index (χ0) is 15.3. The minimum Gasteiger partial charge on any atom is -0.463 e. The molecule has 0 aromatic carbocycles. The summed E-state index contributed by atoms with van der Waals surface area (Å²) in [5.74, 6) is 0.891. The van der Waals surface area contributed by atoms with Crippen LogP contribution in [0.4, 0.5) is 5.95 Å². The van der Waals surface area contributed by atoms with Gasteiger partial charge >= 0.3 is 6.01 Å². The van der Waals surface area contributed by atoms with Crippen LogP contribution >= 0.6 is 0 Å². The second-order valence-corrected chi connectivity index (χ2v) is 5.02. The molecule has 114 valence electrons. The molecule has 0 saturated carbocycles. The standard InChI is InChI=1S/C13H20N6O2/c1-13(2,20-4)5-8-21-12-17-10(14-3)16-11(18-12)19-7-6-15-9-19/h6-7,9H,5,8H2,1-4H3,(H,14,16,17,18). The Kier molecular flexibility index (Phi) is 4.69. The van der Waals surface area contributed by atoms with Gasteiger partial charge in [-0.25, -0.2) is 4.98 Å². The van der Waals surface area contributed by atoms with Gasteiger partial charge in [-0.15, -0.1) is 0 Å². The number of anilines is 1. The van der Waals surface area contributed by atoms with Crippen LogP contribution < -0.4 is 10.1 Å². The molecule has 0 saturated heterocycles. The summed E-state index contributed by atoms with van der Waals surface area (Å²) in [7, 11) is 3.42. The molecule has 8 nitrogen and oxygen atoms in total. The number of methoxy groups -OCH3 is 1. The minimum absolute atomic E-state index is 0.244. The minimum atomic E-state index is -0.244. The lowest BCUT2D eigenvalue weighted by molar-refractivity contribution is 0.00467. The SMILES string of the molecule is CNc1nc(OCCC(C)(C)OC)nc(-n2ccnc2)n1. The number of nitrogens with one attached hydrogen (secondary N) is 1. The summed E-state index contributed by atoms with van der Waals surface area (Å²) in [6.45, 7) is 4.46. The lowest BCUT2D eigenvalue weighted by Crippen LogP contribution is -2.25. The van der Waals surface area contributed by atoms with Crippen LogP contribution in [0.2, 0.25) is 0 Å². The van der Waals surface area contributed by atoms with E-state index in [0.29, 0.717) is 18.5 Å². The highest BCUT2D eigenvalue weighted by Crippen LogP contribution is 2.15. The Labute approximate surface area is 123 Å². The zero-order valence-corrected chi connectivity index (χ0v) is 12.7. The summed E-state index contributed by atoms with van der Waals surface area (Å²) < 4.78 is 12.6. The smallest absolute Gasteiger partial charge is 0.323 e. The van der Waals surface area contributed by atoms with E-state index in [9.17, 15) is 0 Å². The molecule has 0 bridgehead atoms. The average molecular weight is 292 g/mol. The Morgan fingerprint density at radius 1 is 1.29 bits per heavy atom. The van der Waals surface area contributed by atoms with Crippen molar-refractivity contribution in [2.45, 2.75) is 25.9 Å². The number of imidazole rings is 1. The maximum absolute atomic E-state index is 5.61. The number of rotatable bonds is 7. The van der Waals surface area contributed by atoms with Gasteiger partial charge in [-0.3, -0.25) is 4.57 Å². The van der Waals surface area contributed by atoms with Crippen molar-refractivity contribution in [3.63, 3.8) is 0 Å². The third kappa shape index (κ3) is 4.12. The molecule has 0 unspecified atom stereocenters. The van der Waals surface area contributed by atoms with Crippen molar-refractivity contribution in [3.8, 4) is 12.0 Å². The van der Waals surface area contributed by atoms with Gasteiger partial charge in [0, 0.05) is 33.0 Å². The van der Waals surface area contributed by atoms with Gasteiger partial charge in [-0.05, 0) is 13.8 Å². The van der Waals surface area contributed by atoms with Crippen molar-refractivity contribution in [2.24, 2.45) is 0 Å². The Balaban J connectivity index is 2.10. The second kappa shape index (κ2) is 6.49. The number of ether oxygens (including phenoxy) is 2. The molecule has 2 aromatic rings. The van der Waals surface area contributed by atoms with E-state index in [-0.39, 0.29) is 11.6 Å². The van der Waals surface area contributed by atoms with E-state index in [0.717, 1.165) is 6.42 Å². The first-order chi connectivity index (χ1) is 10.0. The molecular weight excluding hydrogens is 272 g/mol. The fourth-order valence-electron chi connectivity index (χ4n) is 1.51. The van der Waals surface area contributed by atoms with Crippen LogP contribution in [0.3, 0.4) is 0 Å². The van der Waals surface area contributed by atoms with Crippen LogP contribution in [0.25, 0.3) is 5.95 Å². The van der Waals surface area contributed by atoms with Crippen LogP contribution in [0.1, 0.15) is 20.3 Å². The molecule has 0 aliphatic carbocycles. The van der Waals surface area contributed by atoms with Crippen molar-refractivity contribution < 1.29 is 9.47 Å². The number of hydrogen-bond donors (Lipinski definition) is 1. The Hall–Kier alpha value is -2.22. The third-order valence-electron chi connectivity index (χ3n) is 3.05. The quantitative estimate of drug-likeness (QED) is 0.822. The highest BCUT2D eigenvalue weighted by molar-refractivity contribution is 5.29. The monoisotopic (exact) mass is 292 g/mol. The molecule has 0 spiro atoms. The maximum atomic E-state index is 5.61. The Morgan fingerprint density at radius 3 is 2.71 bits per heavy atom. The third-order valence-corrected chi connectivity index (χ3v) is 3.05. The van der Waals surface area contributed by atoms with E-state index < -0.39 is 0 Å². The number of nitrogens with zero attached hydrogens (tertiary/aromatic N) is 5. The fraction of sp³-hybridized carbons (Fsp3) is 0.538. The molecular formula is C13H20N6O2. The summed E-state index contributed by atoms with van der Waals surface area (Å²) in [6, 6.07) is 0.268. The topological polar surface area (TPSA) is 87.0 Å². The fourth-order valence-corrected chi connectivity index (χ4v) is 1.51. The zero-order valence-electron chi connectivity index (χ0n) is 12.7. The summed E-state index contributed by atoms with van der Waals surface area (Å²) in [4.78, 5) is 16.7. The molecule has 0 radical (unpaired) electrons. The second-order valence-electron chi connectivity index (χ2n) is 5.02. The van der Waals surface area contributed by atoms with Crippen molar-refractivity contribution in [3.05, 3.63) is 18.7 Å². The summed E-state index contributed by atoms with van der Waals surface area (Å²) in [6.07, 6.45) is 5.76.